The molecular weight excluding hydrogens is 162 g/mol. The van der Waals surface area contributed by atoms with Gasteiger partial charge in [0.25, 0.3) is 0 Å². The number of pyridine rings is 1. The number of nitrogens with two attached hydrogens (primary N) is 1. The van der Waals surface area contributed by atoms with Crippen LogP contribution in [-0.4, -0.2) is 24.1 Å². The Morgan fingerprint density at radius 2 is 2.54 bits per heavy atom. The van der Waals surface area contributed by atoms with Crippen LogP contribution in [0.2, 0.25) is 0 Å². The fourth-order valence-electron chi connectivity index (χ4n) is 1.94. The molecule has 0 bridgehead atoms. The van der Waals surface area contributed by atoms with Crippen molar-refractivity contribution in [2.45, 2.75) is 18.9 Å². The summed E-state index contributed by atoms with van der Waals surface area (Å²) in [6.45, 7) is 1.86. The molecule has 0 aliphatic carbocycles. The van der Waals surface area contributed by atoms with Crippen LogP contribution in [0.4, 0.5) is 5.69 Å². The average Bonchev–Trinajstić information content (AvgIpc) is 2.67. The fourth-order valence-corrected chi connectivity index (χ4v) is 1.94. The van der Waals surface area contributed by atoms with Gasteiger partial charge in [-0.15, -0.1) is 0 Å². The lowest BCUT2D eigenvalue weighted by atomic mass is 10.2. The van der Waals surface area contributed by atoms with E-state index < -0.39 is 0 Å². The molecule has 70 valence electrons. The second-order valence-electron chi connectivity index (χ2n) is 3.44. The Balaban J connectivity index is 2.16. The van der Waals surface area contributed by atoms with Gasteiger partial charge in [0.05, 0.1) is 11.9 Å². The van der Waals surface area contributed by atoms with Crippen LogP contribution in [-0.2, 0) is 0 Å². The van der Waals surface area contributed by atoms with Gasteiger partial charge in [-0.3, -0.25) is 4.98 Å². The molecular formula is C10H15N3. The van der Waals surface area contributed by atoms with Crippen molar-refractivity contribution in [2.75, 3.05) is 18.0 Å². The van der Waals surface area contributed by atoms with Crippen molar-refractivity contribution in [2.24, 2.45) is 5.73 Å². The van der Waals surface area contributed by atoms with Crippen molar-refractivity contribution in [3.8, 4) is 0 Å². The maximum Gasteiger partial charge on any atom is 0.0555 e. The molecule has 2 rings (SSSR count). The summed E-state index contributed by atoms with van der Waals surface area (Å²) in [5.41, 5.74) is 6.90. The Morgan fingerprint density at radius 3 is 3.23 bits per heavy atom. The predicted molar refractivity (Wildman–Crippen MR) is 53.7 cm³/mol. The smallest absolute Gasteiger partial charge is 0.0555 e. The Morgan fingerprint density at radius 1 is 1.62 bits per heavy atom. The minimum atomic E-state index is 0.518. The molecule has 1 aromatic rings. The van der Waals surface area contributed by atoms with Gasteiger partial charge in [0.2, 0.25) is 0 Å². The molecule has 1 saturated heterocycles. The van der Waals surface area contributed by atoms with Gasteiger partial charge in [0.15, 0.2) is 0 Å². The van der Waals surface area contributed by atoms with Gasteiger partial charge >= 0.3 is 0 Å². The van der Waals surface area contributed by atoms with Crippen LogP contribution in [0, 0.1) is 0 Å². The van der Waals surface area contributed by atoms with Crippen LogP contribution in [0.25, 0.3) is 0 Å². The van der Waals surface area contributed by atoms with E-state index in [0.29, 0.717) is 6.04 Å². The molecule has 0 unspecified atom stereocenters. The van der Waals surface area contributed by atoms with E-state index in [9.17, 15) is 0 Å². The van der Waals surface area contributed by atoms with Gasteiger partial charge in [-0.1, -0.05) is 0 Å². The van der Waals surface area contributed by atoms with E-state index in [1.807, 2.05) is 12.3 Å². The highest BCUT2D eigenvalue weighted by atomic mass is 15.2. The molecule has 1 aromatic heterocycles. The van der Waals surface area contributed by atoms with E-state index in [4.69, 9.17) is 5.73 Å². The quantitative estimate of drug-likeness (QED) is 0.733. The highest BCUT2D eigenvalue weighted by molar-refractivity contribution is 5.45. The Labute approximate surface area is 78.6 Å². The normalized spacial score (nSPS) is 22.2. The highest BCUT2D eigenvalue weighted by Crippen LogP contribution is 2.23. The lowest BCUT2D eigenvalue weighted by molar-refractivity contribution is 0.676. The van der Waals surface area contributed by atoms with E-state index in [1.165, 1.54) is 18.5 Å². The lowest BCUT2D eigenvalue weighted by Crippen LogP contribution is -2.35. The average molecular weight is 177 g/mol. The number of hydrogen-bond donors (Lipinski definition) is 1. The number of aromatic nitrogens is 1. The van der Waals surface area contributed by atoms with Crippen molar-refractivity contribution < 1.29 is 0 Å². The molecule has 0 spiro atoms. The van der Waals surface area contributed by atoms with Crippen LogP contribution in [0.5, 0.6) is 0 Å². The van der Waals surface area contributed by atoms with E-state index in [0.717, 1.165) is 13.1 Å². The standard InChI is InChI=1S/C10H15N3/c11-7-9-4-2-6-13(9)10-3-1-5-12-8-10/h1,3,5,8-9H,2,4,6-7,11H2/t9-/m1/s1. The zero-order valence-corrected chi connectivity index (χ0v) is 7.69. The Bertz CT molecular complexity index is 260. The molecule has 1 atom stereocenters. The maximum absolute atomic E-state index is 5.70. The van der Waals surface area contributed by atoms with Crippen molar-refractivity contribution >= 4 is 5.69 Å². The van der Waals surface area contributed by atoms with Crippen LogP contribution < -0.4 is 10.6 Å². The molecule has 1 aliphatic rings. The summed E-state index contributed by atoms with van der Waals surface area (Å²) in [4.78, 5) is 6.47. The number of rotatable bonds is 2. The zero-order valence-electron chi connectivity index (χ0n) is 7.69. The van der Waals surface area contributed by atoms with Gasteiger partial charge in [-0.05, 0) is 25.0 Å². The van der Waals surface area contributed by atoms with Crippen molar-refractivity contribution in [1.82, 2.24) is 4.98 Å². The number of hydrogen-bond acceptors (Lipinski definition) is 3. The predicted octanol–water partition coefficient (Wildman–Crippen LogP) is 1.01. The van der Waals surface area contributed by atoms with Crippen LogP contribution in [0.1, 0.15) is 12.8 Å². The van der Waals surface area contributed by atoms with Gasteiger partial charge in [-0.2, -0.15) is 0 Å². The first-order chi connectivity index (χ1) is 6.42. The summed E-state index contributed by atoms with van der Waals surface area (Å²) in [6.07, 6.45) is 6.17. The maximum atomic E-state index is 5.70. The van der Waals surface area contributed by atoms with Crippen LogP contribution >= 0.6 is 0 Å². The minimum Gasteiger partial charge on any atom is -0.366 e. The molecule has 0 aromatic carbocycles. The summed E-state index contributed by atoms with van der Waals surface area (Å²) in [5, 5.41) is 0. The highest BCUT2D eigenvalue weighted by Gasteiger charge is 2.22. The summed E-state index contributed by atoms with van der Waals surface area (Å²) in [6, 6.07) is 4.59. The molecule has 0 radical (unpaired) electrons. The third-order valence-electron chi connectivity index (χ3n) is 2.63. The Kier molecular flexibility index (Phi) is 2.45. The lowest BCUT2D eigenvalue weighted by Gasteiger charge is -2.24. The van der Waals surface area contributed by atoms with Gasteiger partial charge in [-0.25, -0.2) is 0 Å². The van der Waals surface area contributed by atoms with Crippen LogP contribution in [0.3, 0.4) is 0 Å². The SMILES string of the molecule is NC[C@H]1CCCN1c1cccnc1. The van der Waals surface area contributed by atoms with Crippen molar-refractivity contribution in [1.29, 1.82) is 0 Å². The molecule has 0 saturated carbocycles. The molecule has 13 heavy (non-hydrogen) atoms. The Hall–Kier alpha value is -1.09. The van der Waals surface area contributed by atoms with E-state index in [2.05, 4.69) is 16.0 Å². The van der Waals surface area contributed by atoms with E-state index >= 15 is 0 Å². The van der Waals surface area contributed by atoms with Crippen molar-refractivity contribution in [3.63, 3.8) is 0 Å². The van der Waals surface area contributed by atoms with Crippen molar-refractivity contribution in [3.05, 3.63) is 24.5 Å². The van der Waals surface area contributed by atoms with Gasteiger partial charge < -0.3 is 10.6 Å². The first-order valence-corrected chi connectivity index (χ1v) is 4.78. The monoisotopic (exact) mass is 177 g/mol. The van der Waals surface area contributed by atoms with Crippen LogP contribution in [0.15, 0.2) is 24.5 Å². The molecule has 3 nitrogen and oxygen atoms in total. The first kappa shape index (κ1) is 8.51. The first-order valence-electron chi connectivity index (χ1n) is 4.78. The number of anilines is 1. The minimum absolute atomic E-state index is 0.518. The molecule has 3 heteroatoms. The number of nitrogens with zero attached hydrogens (tertiary/aromatic N) is 2. The topological polar surface area (TPSA) is 42.1 Å². The second-order valence-corrected chi connectivity index (χ2v) is 3.44. The third-order valence-corrected chi connectivity index (χ3v) is 2.63. The largest absolute Gasteiger partial charge is 0.366 e. The second kappa shape index (κ2) is 3.75. The molecule has 2 heterocycles. The summed E-state index contributed by atoms with van der Waals surface area (Å²) >= 11 is 0. The van der Waals surface area contributed by atoms with E-state index in [-0.39, 0.29) is 0 Å². The fraction of sp³-hybridized carbons (Fsp3) is 0.500. The summed E-state index contributed by atoms with van der Waals surface area (Å²) < 4.78 is 0. The molecule has 0 amide bonds. The van der Waals surface area contributed by atoms with Gasteiger partial charge in [0.1, 0.15) is 0 Å². The zero-order chi connectivity index (χ0) is 9.10. The summed E-state index contributed by atoms with van der Waals surface area (Å²) in [7, 11) is 0. The van der Waals surface area contributed by atoms with Gasteiger partial charge in [0, 0.05) is 25.3 Å². The molecule has 2 N–H and O–H groups in total. The molecule has 1 aliphatic heterocycles. The molecule has 1 fully saturated rings. The third kappa shape index (κ3) is 1.65. The van der Waals surface area contributed by atoms with E-state index in [1.54, 1.807) is 6.20 Å². The summed E-state index contributed by atoms with van der Waals surface area (Å²) in [5.74, 6) is 0.